The van der Waals surface area contributed by atoms with E-state index in [9.17, 15) is 13.2 Å². The molecule has 0 atom stereocenters. The molecule has 0 unspecified atom stereocenters. The van der Waals surface area contributed by atoms with E-state index < -0.39 is 11.7 Å². The Labute approximate surface area is 123 Å². The lowest BCUT2D eigenvalue weighted by Gasteiger charge is -2.06. The zero-order valence-electron chi connectivity index (χ0n) is 11.5. The van der Waals surface area contributed by atoms with Crippen molar-refractivity contribution in [1.82, 2.24) is 19.7 Å². The Balaban J connectivity index is 1.93. The molecule has 0 fully saturated rings. The van der Waals surface area contributed by atoms with Crippen LogP contribution < -0.4 is 0 Å². The van der Waals surface area contributed by atoms with Gasteiger partial charge in [-0.1, -0.05) is 6.07 Å². The van der Waals surface area contributed by atoms with E-state index in [0.29, 0.717) is 18.0 Å². The van der Waals surface area contributed by atoms with Crippen LogP contribution in [-0.2, 0) is 12.7 Å². The van der Waals surface area contributed by atoms with Crippen molar-refractivity contribution < 1.29 is 17.6 Å². The van der Waals surface area contributed by atoms with Crippen LogP contribution in [0.4, 0.5) is 13.2 Å². The van der Waals surface area contributed by atoms with Crippen LogP contribution in [0.2, 0.25) is 0 Å². The first kappa shape index (κ1) is 14.3. The van der Waals surface area contributed by atoms with Crippen molar-refractivity contribution >= 4 is 0 Å². The molecule has 0 spiro atoms. The third-order valence-corrected chi connectivity index (χ3v) is 3.11. The lowest BCUT2D eigenvalue weighted by Crippen LogP contribution is -2.04. The number of aryl methyl sites for hydroxylation is 1. The third kappa shape index (κ3) is 2.85. The van der Waals surface area contributed by atoms with E-state index >= 15 is 0 Å². The molecule has 3 rings (SSSR count). The summed E-state index contributed by atoms with van der Waals surface area (Å²) in [5, 5.41) is 3.96. The fraction of sp³-hybridized carbons (Fsp3) is 0.214. The molecule has 3 aromatic rings. The zero-order valence-corrected chi connectivity index (χ0v) is 11.5. The minimum absolute atomic E-state index is 0.152. The normalized spacial score (nSPS) is 11.8. The topological polar surface area (TPSA) is 56.7 Å². The van der Waals surface area contributed by atoms with E-state index in [1.807, 2.05) is 0 Å². The highest BCUT2D eigenvalue weighted by atomic mass is 19.4. The molecule has 8 heteroatoms. The van der Waals surface area contributed by atoms with Gasteiger partial charge >= 0.3 is 6.18 Å². The van der Waals surface area contributed by atoms with E-state index in [1.54, 1.807) is 11.6 Å². The quantitative estimate of drug-likeness (QED) is 0.745. The van der Waals surface area contributed by atoms with Gasteiger partial charge in [-0.3, -0.25) is 0 Å². The predicted molar refractivity (Wildman–Crippen MR) is 70.8 cm³/mol. The fourth-order valence-electron chi connectivity index (χ4n) is 1.99. The highest BCUT2D eigenvalue weighted by molar-refractivity contribution is 5.55. The number of halogens is 3. The van der Waals surface area contributed by atoms with Crippen molar-refractivity contribution in [3.8, 4) is 11.5 Å². The summed E-state index contributed by atoms with van der Waals surface area (Å²) in [5.74, 6) is 0.682. The minimum Gasteiger partial charge on any atom is -0.441 e. The molecule has 0 N–H and O–H groups in total. The first-order chi connectivity index (χ1) is 10.4. The lowest BCUT2D eigenvalue weighted by atomic mass is 10.1. The second-order valence-electron chi connectivity index (χ2n) is 4.69. The largest absolute Gasteiger partial charge is 0.441 e. The van der Waals surface area contributed by atoms with Crippen LogP contribution in [0.15, 0.2) is 41.3 Å². The number of aromatic nitrogens is 4. The van der Waals surface area contributed by atoms with Gasteiger partial charge in [0.15, 0.2) is 0 Å². The number of alkyl halides is 3. The molecule has 5 nitrogen and oxygen atoms in total. The molecule has 0 amide bonds. The second-order valence-corrected chi connectivity index (χ2v) is 4.69. The van der Waals surface area contributed by atoms with Gasteiger partial charge in [-0.15, -0.1) is 0 Å². The van der Waals surface area contributed by atoms with Crippen LogP contribution in [0.25, 0.3) is 11.5 Å². The van der Waals surface area contributed by atoms with Gasteiger partial charge in [-0.2, -0.15) is 18.3 Å². The monoisotopic (exact) mass is 308 g/mol. The van der Waals surface area contributed by atoms with Gasteiger partial charge in [0.2, 0.25) is 5.89 Å². The molecule has 2 heterocycles. The summed E-state index contributed by atoms with van der Waals surface area (Å²) in [6.07, 6.45) is -1.48. The predicted octanol–water partition coefficient (Wildman–Crippen LogP) is 3.31. The Morgan fingerprint density at radius 2 is 2.09 bits per heavy atom. The van der Waals surface area contributed by atoms with Gasteiger partial charge in [0.25, 0.3) is 0 Å². The van der Waals surface area contributed by atoms with Crippen molar-refractivity contribution in [2.75, 3.05) is 0 Å². The number of rotatable bonds is 3. The van der Waals surface area contributed by atoms with E-state index in [0.717, 1.165) is 12.1 Å². The maximum absolute atomic E-state index is 12.8. The summed E-state index contributed by atoms with van der Waals surface area (Å²) in [6, 6.07) is 4.88. The molecule has 0 saturated carbocycles. The Kier molecular flexibility index (Phi) is 3.44. The smallest absolute Gasteiger partial charge is 0.416 e. The number of hydrogen-bond acceptors (Lipinski definition) is 4. The number of nitrogens with zero attached hydrogens (tertiary/aromatic N) is 4. The van der Waals surface area contributed by atoms with Crippen LogP contribution >= 0.6 is 0 Å². The molecule has 2 aromatic heterocycles. The molecule has 114 valence electrons. The van der Waals surface area contributed by atoms with E-state index in [4.69, 9.17) is 4.42 Å². The van der Waals surface area contributed by atoms with Gasteiger partial charge in [-0.05, 0) is 25.1 Å². The summed E-state index contributed by atoms with van der Waals surface area (Å²) in [4.78, 5) is 8.08. The van der Waals surface area contributed by atoms with Gasteiger partial charge in [0.05, 0.1) is 12.1 Å². The number of hydrogen-bond donors (Lipinski definition) is 0. The van der Waals surface area contributed by atoms with E-state index in [1.165, 1.54) is 24.8 Å². The maximum atomic E-state index is 12.8. The molecule has 0 aliphatic carbocycles. The lowest BCUT2D eigenvalue weighted by molar-refractivity contribution is -0.137. The van der Waals surface area contributed by atoms with Crippen molar-refractivity contribution in [2.45, 2.75) is 19.6 Å². The summed E-state index contributed by atoms with van der Waals surface area (Å²) >= 11 is 0. The highest BCUT2D eigenvalue weighted by Crippen LogP contribution is 2.32. The average molecular weight is 308 g/mol. The third-order valence-electron chi connectivity index (χ3n) is 3.11. The second kappa shape index (κ2) is 5.28. The Morgan fingerprint density at radius 3 is 2.77 bits per heavy atom. The summed E-state index contributed by atoms with van der Waals surface area (Å²) in [6.45, 7) is 2.05. The summed E-state index contributed by atoms with van der Waals surface area (Å²) in [7, 11) is 0. The summed E-state index contributed by atoms with van der Waals surface area (Å²) < 4.78 is 45.3. The first-order valence-electron chi connectivity index (χ1n) is 6.40. The minimum atomic E-state index is -4.40. The molecule has 0 bridgehead atoms. The molecule has 0 saturated heterocycles. The highest BCUT2D eigenvalue weighted by Gasteiger charge is 2.30. The Hall–Kier alpha value is -2.64. The molecule has 0 aliphatic rings. The van der Waals surface area contributed by atoms with Crippen LogP contribution in [0.3, 0.4) is 0 Å². The fourth-order valence-corrected chi connectivity index (χ4v) is 1.99. The first-order valence-corrected chi connectivity index (χ1v) is 6.40. The van der Waals surface area contributed by atoms with Gasteiger partial charge in [0.1, 0.15) is 24.1 Å². The number of benzene rings is 1. The van der Waals surface area contributed by atoms with Gasteiger partial charge in [-0.25, -0.2) is 14.6 Å². The van der Waals surface area contributed by atoms with Crippen LogP contribution in [0.5, 0.6) is 0 Å². The SMILES string of the molecule is Cc1oc(-c2cccc(C(F)(F)F)c2)nc1Cn1cncn1. The van der Waals surface area contributed by atoms with Crippen LogP contribution in [-0.4, -0.2) is 19.7 Å². The average Bonchev–Trinajstić information content (AvgIpc) is 3.09. The Bertz CT molecular complexity index is 778. The molecule has 0 aliphatic heterocycles. The van der Waals surface area contributed by atoms with E-state index in [2.05, 4.69) is 15.1 Å². The maximum Gasteiger partial charge on any atom is 0.416 e. The molecular formula is C14H11F3N4O. The van der Waals surface area contributed by atoms with E-state index in [-0.39, 0.29) is 11.5 Å². The van der Waals surface area contributed by atoms with Crippen LogP contribution in [0, 0.1) is 6.92 Å². The zero-order chi connectivity index (χ0) is 15.7. The standard InChI is InChI=1S/C14H11F3N4O/c1-9-12(6-21-8-18-7-19-21)20-13(22-9)10-3-2-4-11(5-10)14(15,16)17/h2-5,7-8H,6H2,1H3. The van der Waals surface area contributed by atoms with Crippen molar-refractivity contribution in [2.24, 2.45) is 0 Å². The van der Waals surface area contributed by atoms with Gasteiger partial charge < -0.3 is 4.42 Å². The van der Waals surface area contributed by atoms with Crippen LogP contribution in [0.1, 0.15) is 17.0 Å². The van der Waals surface area contributed by atoms with Crippen molar-refractivity contribution in [1.29, 1.82) is 0 Å². The molecular weight excluding hydrogens is 297 g/mol. The molecule has 1 aromatic carbocycles. The van der Waals surface area contributed by atoms with Gasteiger partial charge in [0, 0.05) is 5.56 Å². The van der Waals surface area contributed by atoms with Crippen molar-refractivity contribution in [3.63, 3.8) is 0 Å². The van der Waals surface area contributed by atoms with Crippen molar-refractivity contribution in [3.05, 3.63) is 53.9 Å². The number of oxazole rings is 1. The molecule has 22 heavy (non-hydrogen) atoms. The Morgan fingerprint density at radius 1 is 1.27 bits per heavy atom. The summed E-state index contributed by atoms with van der Waals surface area (Å²) in [5.41, 5.74) is 0.138. The molecule has 0 radical (unpaired) electrons.